The highest BCUT2D eigenvalue weighted by molar-refractivity contribution is 5.47. The Morgan fingerprint density at radius 1 is 1.33 bits per heavy atom. The van der Waals surface area contributed by atoms with E-state index in [1.807, 2.05) is 12.2 Å². The number of rotatable bonds is 3. The van der Waals surface area contributed by atoms with Gasteiger partial charge in [0.2, 0.25) is 0 Å². The molecule has 0 aliphatic heterocycles. The molecule has 0 aromatic rings. The smallest absolute Gasteiger partial charge is 0.135 e. The zero-order chi connectivity index (χ0) is 13.4. The number of aliphatic hydroxyl groups is 3. The van der Waals surface area contributed by atoms with Gasteiger partial charge in [-0.2, -0.15) is 0 Å². The van der Waals surface area contributed by atoms with E-state index >= 15 is 0 Å². The van der Waals surface area contributed by atoms with Gasteiger partial charge < -0.3 is 15.3 Å². The van der Waals surface area contributed by atoms with Crippen molar-refractivity contribution in [2.24, 2.45) is 11.3 Å². The summed E-state index contributed by atoms with van der Waals surface area (Å²) in [5.41, 5.74) is 0.229. The van der Waals surface area contributed by atoms with Crippen LogP contribution in [0.15, 0.2) is 35.5 Å². The first-order chi connectivity index (χ1) is 8.46. The fraction of sp³-hybridized carbons (Fsp3) is 0.600. The third-order valence-corrected chi connectivity index (χ3v) is 4.57. The second-order valence-corrected chi connectivity index (χ2v) is 5.70. The van der Waals surface area contributed by atoms with Crippen molar-refractivity contribution in [3.63, 3.8) is 0 Å². The third-order valence-electron chi connectivity index (χ3n) is 4.57. The Morgan fingerprint density at radius 3 is 2.61 bits per heavy atom. The van der Waals surface area contributed by atoms with Crippen molar-refractivity contribution in [1.82, 2.24) is 0 Å². The number of aliphatic hydroxyl groups excluding tert-OH is 2. The van der Waals surface area contributed by atoms with E-state index in [9.17, 15) is 15.3 Å². The minimum atomic E-state index is -1.54. The molecule has 0 aromatic carbocycles. The number of allylic oxidation sites excluding steroid dienone is 4. The van der Waals surface area contributed by atoms with Gasteiger partial charge in [-0.3, -0.25) is 0 Å². The Balaban J connectivity index is 2.43. The molecule has 0 amide bonds. The molecule has 3 heteroatoms. The lowest BCUT2D eigenvalue weighted by Crippen LogP contribution is -2.42. The van der Waals surface area contributed by atoms with Crippen LogP contribution in [0.5, 0.6) is 0 Å². The molecule has 0 heterocycles. The fourth-order valence-electron chi connectivity index (χ4n) is 2.84. The summed E-state index contributed by atoms with van der Waals surface area (Å²) in [6, 6.07) is 0. The maximum atomic E-state index is 10.2. The third kappa shape index (κ3) is 1.96. The molecule has 2 rings (SSSR count). The highest BCUT2D eigenvalue weighted by atomic mass is 16.4. The molecule has 0 spiro atoms. The van der Waals surface area contributed by atoms with Crippen LogP contribution in [0.2, 0.25) is 0 Å². The second-order valence-electron chi connectivity index (χ2n) is 5.70. The lowest BCUT2D eigenvalue weighted by molar-refractivity contribution is -0.0245. The van der Waals surface area contributed by atoms with Crippen LogP contribution in [0.3, 0.4) is 0 Å². The van der Waals surface area contributed by atoms with Crippen LogP contribution in [-0.2, 0) is 0 Å². The molecule has 0 radical (unpaired) electrons. The van der Waals surface area contributed by atoms with Gasteiger partial charge in [0.15, 0.2) is 0 Å². The average Bonchev–Trinajstić information content (AvgIpc) is 2.38. The second kappa shape index (κ2) is 4.65. The number of hydrogen-bond acceptors (Lipinski definition) is 3. The van der Waals surface area contributed by atoms with Crippen LogP contribution in [-0.4, -0.2) is 34.1 Å². The molecule has 3 N–H and O–H groups in total. The van der Waals surface area contributed by atoms with Crippen LogP contribution in [0.1, 0.15) is 26.7 Å². The Morgan fingerprint density at radius 2 is 2.00 bits per heavy atom. The van der Waals surface area contributed by atoms with Crippen LogP contribution in [0.25, 0.3) is 0 Å². The Hall–Kier alpha value is -0.900. The average molecular weight is 250 g/mol. The molecule has 18 heavy (non-hydrogen) atoms. The normalized spacial score (nSPS) is 31.7. The predicted octanol–water partition coefficient (Wildman–Crippen LogP) is 1.56. The van der Waals surface area contributed by atoms with Crippen LogP contribution >= 0.6 is 0 Å². The summed E-state index contributed by atoms with van der Waals surface area (Å²) >= 11 is 0. The van der Waals surface area contributed by atoms with E-state index in [1.54, 1.807) is 6.08 Å². The van der Waals surface area contributed by atoms with Crippen LogP contribution < -0.4 is 0 Å². The summed E-state index contributed by atoms with van der Waals surface area (Å²) in [7, 11) is 0. The van der Waals surface area contributed by atoms with Gasteiger partial charge in [-0.1, -0.05) is 38.2 Å². The van der Waals surface area contributed by atoms with E-state index in [0.717, 1.165) is 12.8 Å². The van der Waals surface area contributed by atoms with Gasteiger partial charge in [-0.15, -0.1) is 0 Å². The molecule has 2 atom stereocenters. The molecule has 2 aliphatic rings. The topological polar surface area (TPSA) is 60.7 Å². The minimum absolute atomic E-state index is 0.110. The van der Waals surface area contributed by atoms with Gasteiger partial charge in [0, 0.05) is 5.41 Å². The molecular weight excluding hydrogens is 228 g/mol. The molecule has 0 bridgehead atoms. The van der Waals surface area contributed by atoms with Crippen molar-refractivity contribution in [3.8, 4) is 0 Å². The van der Waals surface area contributed by atoms with Crippen LogP contribution in [0, 0.1) is 11.3 Å². The van der Waals surface area contributed by atoms with Gasteiger partial charge in [0.05, 0.1) is 13.2 Å². The largest absolute Gasteiger partial charge is 0.393 e. The van der Waals surface area contributed by atoms with E-state index in [0.29, 0.717) is 11.5 Å². The van der Waals surface area contributed by atoms with Gasteiger partial charge >= 0.3 is 0 Å². The minimum Gasteiger partial charge on any atom is -0.393 e. The first kappa shape index (κ1) is 13.5. The van der Waals surface area contributed by atoms with Crippen LogP contribution in [0.4, 0.5) is 0 Å². The Bertz CT molecular complexity index is 415. The number of fused-ring (bicyclic) bond motifs is 1. The van der Waals surface area contributed by atoms with Gasteiger partial charge in [0.25, 0.3) is 0 Å². The summed E-state index contributed by atoms with van der Waals surface area (Å²) in [5, 5.41) is 28.8. The Kier molecular flexibility index (Phi) is 3.49. The van der Waals surface area contributed by atoms with Gasteiger partial charge in [0.1, 0.15) is 5.60 Å². The lowest BCUT2D eigenvalue weighted by atomic mass is 9.63. The molecule has 3 nitrogen and oxygen atoms in total. The zero-order valence-electron chi connectivity index (χ0n) is 11.1. The van der Waals surface area contributed by atoms with Crippen molar-refractivity contribution >= 4 is 0 Å². The molecule has 100 valence electrons. The van der Waals surface area contributed by atoms with E-state index in [4.69, 9.17) is 0 Å². The quantitative estimate of drug-likeness (QED) is 0.712. The molecule has 0 saturated carbocycles. The molecule has 2 unspecified atom stereocenters. The number of hydrogen-bond donors (Lipinski definition) is 3. The summed E-state index contributed by atoms with van der Waals surface area (Å²) in [4.78, 5) is 0. The van der Waals surface area contributed by atoms with Gasteiger partial charge in [-0.05, 0) is 29.9 Å². The van der Waals surface area contributed by atoms with E-state index in [1.165, 1.54) is 5.57 Å². The van der Waals surface area contributed by atoms with Crippen molar-refractivity contribution in [3.05, 3.63) is 35.5 Å². The van der Waals surface area contributed by atoms with Gasteiger partial charge in [-0.25, -0.2) is 0 Å². The van der Waals surface area contributed by atoms with E-state index in [-0.39, 0.29) is 5.41 Å². The summed E-state index contributed by atoms with van der Waals surface area (Å²) in [6.07, 6.45) is 10.3. The van der Waals surface area contributed by atoms with E-state index < -0.39 is 18.8 Å². The molecule has 0 fully saturated rings. The highest BCUT2D eigenvalue weighted by Crippen LogP contribution is 2.47. The van der Waals surface area contributed by atoms with Crippen molar-refractivity contribution in [2.45, 2.75) is 32.3 Å². The molecule has 0 aromatic heterocycles. The van der Waals surface area contributed by atoms with E-state index in [2.05, 4.69) is 19.9 Å². The fourth-order valence-corrected chi connectivity index (χ4v) is 2.84. The first-order valence-electron chi connectivity index (χ1n) is 6.52. The first-order valence-corrected chi connectivity index (χ1v) is 6.52. The highest BCUT2D eigenvalue weighted by Gasteiger charge is 2.39. The molecule has 2 aliphatic carbocycles. The van der Waals surface area contributed by atoms with Crippen molar-refractivity contribution < 1.29 is 15.3 Å². The SMILES string of the molecule is CC1CCC=C2C=CC(C(O)(CO)CO)=CC21C. The lowest BCUT2D eigenvalue weighted by Gasteiger charge is -2.42. The summed E-state index contributed by atoms with van der Waals surface area (Å²) < 4.78 is 0. The predicted molar refractivity (Wildman–Crippen MR) is 70.9 cm³/mol. The maximum Gasteiger partial charge on any atom is 0.135 e. The zero-order valence-corrected chi connectivity index (χ0v) is 11.1. The molecule has 0 saturated heterocycles. The van der Waals surface area contributed by atoms with Crippen molar-refractivity contribution in [2.75, 3.05) is 13.2 Å². The molecular formula is C15H22O3. The Labute approximate surface area is 108 Å². The maximum absolute atomic E-state index is 10.2. The standard InChI is InChI=1S/C15H22O3/c1-11-4-3-5-12-6-7-13(8-14(11,12)2)15(18,9-16)10-17/h5-8,11,16-18H,3-4,9-10H2,1-2H3. The monoisotopic (exact) mass is 250 g/mol. The summed E-state index contributed by atoms with van der Waals surface area (Å²) in [6.45, 7) is 3.42. The summed E-state index contributed by atoms with van der Waals surface area (Å²) in [5.74, 6) is 0.485. The van der Waals surface area contributed by atoms with Crippen molar-refractivity contribution in [1.29, 1.82) is 0 Å².